The molecule has 0 spiro atoms. The molecule has 0 saturated carbocycles. The van der Waals surface area contributed by atoms with Gasteiger partial charge in [0.15, 0.2) is 0 Å². The molecule has 8 heteroatoms. The van der Waals surface area contributed by atoms with Gasteiger partial charge in [-0.05, 0) is 105 Å². The third-order valence-electron chi connectivity index (χ3n) is 11.7. The van der Waals surface area contributed by atoms with E-state index in [1.165, 1.54) is 79.3 Å². The Morgan fingerprint density at radius 3 is 1.68 bits per heavy atom. The van der Waals surface area contributed by atoms with E-state index in [4.69, 9.17) is 12.6 Å². The van der Waals surface area contributed by atoms with Gasteiger partial charge in [0.25, 0.3) is 0 Å². The number of furan rings is 1. The van der Waals surface area contributed by atoms with Crippen molar-refractivity contribution in [2.45, 2.75) is 64.1 Å². The van der Waals surface area contributed by atoms with Crippen LogP contribution in [0.25, 0.3) is 66.8 Å². The molecule has 10 aromatic rings. The van der Waals surface area contributed by atoms with Gasteiger partial charge in [0.05, 0.1) is 19.4 Å². The van der Waals surface area contributed by atoms with Gasteiger partial charge in [-0.25, -0.2) is 4.39 Å². The molecule has 10 rings (SSSR count). The van der Waals surface area contributed by atoms with Gasteiger partial charge < -0.3 is 19.4 Å². The zero-order valence-corrected chi connectivity index (χ0v) is 39.9. The second-order valence-electron chi connectivity index (χ2n) is 17.3. The second kappa shape index (κ2) is 19.5. The van der Waals surface area contributed by atoms with E-state index in [2.05, 4.69) is 33.2 Å². The van der Waals surface area contributed by atoms with Crippen LogP contribution in [0.2, 0.25) is 0 Å². The third kappa shape index (κ3) is 10.1. The van der Waals surface area contributed by atoms with Crippen LogP contribution in [-0.4, -0.2) is 15.0 Å². The van der Waals surface area contributed by atoms with Gasteiger partial charge in [-0.1, -0.05) is 123 Å². The minimum Gasteiger partial charge on any atom is -0.500 e. The van der Waals surface area contributed by atoms with E-state index in [0.29, 0.717) is 50.3 Å². The molecule has 6 aromatic carbocycles. The van der Waals surface area contributed by atoms with Gasteiger partial charge in [0.2, 0.25) is 0 Å². The molecule has 0 saturated heterocycles. The van der Waals surface area contributed by atoms with E-state index < -0.39 is 94.8 Å². The number of benzene rings is 6. The molecule has 69 heavy (non-hydrogen) atoms. The fourth-order valence-electron chi connectivity index (χ4n) is 8.10. The standard InChI is InChI=1S/C61H47F3N3O.Ir/c1-60(2,46-20-29-54(66-37-46)43-16-22-48(62)23-17-43)34-41-31-40(32-42(33-41)35-61(3,4)47-21-30-55(67-38-47)44-18-24-49(63)25-19-44)14-13-39-15-28-56(65-36-39)52-12-8-11-50-51-26-27-53(64)57(59(51)68-58(50)52)45-9-6-5-7-10-45;/h5-11,15-16,18,20-33,36-38H,13-14,34-35H2,1-4H3;/q-3;+3/i5D,6D,7D,9D,10D,14D2,27D,34D2,35D2;. The Morgan fingerprint density at radius 2 is 1.14 bits per heavy atom. The third-order valence-corrected chi connectivity index (χ3v) is 11.7. The predicted octanol–water partition coefficient (Wildman–Crippen LogP) is 15.1. The Bertz CT molecular complexity index is 3890. The molecule has 0 aliphatic heterocycles. The second-order valence-corrected chi connectivity index (χ2v) is 17.3. The van der Waals surface area contributed by atoms with Crippen molar-refractivity contribution in [3.63, 3.8) is 0 Å². The molecule has 4 aromatic heterocycles. The van der Waals surface area contributed by atoms with Crippen molar-refractivity contribution in [3.8, 4) is 44.9 Å². The topological polar surface area (TPSA) is 51.8 Å². The smallest absolute Gasteiger partial charge is 0.500 e. The van der Waals surface area contributed by atoms with Gasteiger partial charge in [-0.3, -0.25) is 8.78 Å². The first-order valence-corrected chi connectivity index (χ1v) is 21.7. The SMILES string of the molecule is [2H]c1cc2c(oc3c(-c4ccc(CC([2H])([2H])c5cc(C([2H])([2H])C(C)(C)c6ccc(-c7[c-]cc(F)cc7)nc6)cc(C([2H])([2H])C(C)(C)c6ccc(-c7[c-]cc(F)cc7)nc6)c5)cn4)[c-]ccc32)c(-c2c([2H])c([2H])c([2H])c([2H])c2[2H])c1F.[Ir+3]. The molecule has 0 N–H and O–H groups in total. The summed E-state index contributed by atoms with van der Waals surface area (Å²) in [6.45, 7) is 6.72. The molecule has 0 amide bonds. The Kier molecular flexibility index (Phi) is 9.72. The van der Waals surface area contributed by atoms with Crippen LogP contribution in [0.1, 0.15) is 77.5 Å². The van der Waals surface area contributed by atoms with E-state index in [-0.39, 0.29) is 65.3 Å². The molecule has 4 heterocycles. The van der Waals surface area contributed by atoms with Gasteiger partial charge >= 0.3 is 20.1 Å². The maximum Gasteiger partial charge on any atom is 3.00 e. The fourth-order valence-corrected chi connectivity index (χ4v) is 8.10. The fraction of sp³-hybridized carbons (Fsp3) is 0.164. The number of hydrogen-bond donors (Lipinski definition) is 0. The molecular formula is C61H47F3IrN3O. The minimum atomic E-state index is -2.31. The first-order chi connectivity index (χ1) is 37.6. The van der Waals surface area contributed by atoms with Crippen molar-refractivity contribution in [2.75, 3.05) is 0 Å². The van der Waals surface area contributed by atoms with Crippen LogP contribution in [0.15, 0.2) is 168 Å². The largest absolute Gasteiger partial charge is 3.00 e. The number of rotatable bonds is 13. The maximum atomic E-state index is 16.0. The molecule has 0 bridgehead atoms. The number of aromatic nitrogens is 3. The van der Waals surface area contributed by atoms with Gasteiger partial charge in [-0.2, -0.15) is 0 Å². The van der Waals surface area contributed by atoms with Gasteiger partial charge in [0, 0.05) is 43.8 Å². The van der Waals surface area contributed by atoms with Crippen LogP contribution in [-0.2, 0) is 56.5 Å². The average Bonchev–Trinajstić information content (AvgIpc) is 4.11. The van der Waals surface area contributed by atoms with Gasteiger partial charge in [0.1, 0.15) is 11.4 Å². The van der Waals surface area contributed by atoms with E-state index >= 15 is 4.39 Å². The Labute approximate surface area is 431 Å². The number of aryl methyl sites for hydroxylation is 2. The molecule has 0 fully saturated rings. The van der Waals surface area contributed by atoms with Crippen LogP contribution < -0.4 is 0 Å². The summed E-state index contributed by atoms with van der Waals surface area (Å²) in [5, 5.41) is 0.634. The summed E-state index contributed by atoms with van der Waals surface area (Å²) < 4.78 is 159. The Morgan fingerprint density at radius 1 is 0.580 bits per heavy atom. The Hall–Kier alpha value is -6.99. The zero-order chi connectivity index (χ0) is 57.6. The summed E-state index contributed by atoms with van der Waals surface area (Å²) in [4.78, 5) is 13.8. The van der Waals surface area contributed by atoms with E-state index in [1.807, 2.05) is 0 Å². The number of hydrogen-bond acceptors (Lipinski definition) is 4. The summed E-state index contributed by atoms with van der Waals surface area (Å²) in [6.07, 6.45) is -2.74. The molecule has 0 unspecified atom stereocenters. The number of pyridine rings is 3. The average molecular weight is 1100 g/mol. The first kappa shape index (κ1) is 34.3. The van der Waals surface area contributed by atoms with Crippen molar-refractivity contribution < 1.29 is 54.1 Å². The zero-order valence-electron chi connectivity index (χ0n) is 49.5. The summed E-state index contributed by atoms with van der Waals surface area (Å²) in [7, 11) is 0. The van der Waals surface area contributed by atoms with E-state index in [9.17, 15) is 17.0 Å². The van der Waals surface area contributed by atoms with Crippen LogP contribution in [0.4, 0.5) is 13.2 Å². The van der Waals surface area contributed by atoms with Crippen LogP contribution >= 0.6 is 0 Å². The monoisotopic (exact) mass is 1100 g/mol. The number of fused-ring (bicyclic) bond motifs is 3. The molecule has 0 aliphatic rings. The van der Waals surface area contributed by atoms with Crippen molar-refractivity contribution in [1.29, 1.82) is 0 Å². The Balaban J connectivity index is 0.00000792. The maximum absolute atomic E-state index is 16.0. The number of halogens is 3. The minimum absolute atomic E-state index is 0. The molecule has 4 nitrogen and oxygen atoms in total. The van der Waals surface area contributed by atoms with E-state index in [1.54, 1.807) is 76.2 Å². The van der Waals surface area contributed by atoms with Gasteiger partial charge in [-0.15, -0.1) is 77.9 Å². The van der Waals surface area contributed by atoms with Crippen molar-refractivity contribution in [1.82, 2.24) is 15.0 Å². The molecule has 0 atom stereocenters. The molecule has 0 aliphatic carbocycles. The van der Waals surface area contributed by atoms with Crippen molar-refractivity contribution in [2.24, 2.45) is 0 Å². The van der Waals surface area contributed by atoms with Crippen LogP contribution in [0, 0.1) is 35.7 Å². The molecule has 0 radical (unpaired) electrons. The summed E-state index contributed by atoms with van der Waals surface area (Å²) in [5.41, 5.74) is 0.201. The molecule has 342 valence electrons. The quantitative estimate of drug-likeness (QED) is 0.108. The van der Waals surface area contributed by atoms with Crippen LogP contribution in [0.5, 0.6) is 0 Å². The van der Waals surface area contributed by atoms with Crippen molar-refractivity contribution in [3.05, 3.63) is 233 Å². The summed E-state index contributed by atoms with van der Waals surface area (Å²) >= 11 is 0. The molecular weight excluding hydrogens is 1040 g/mol. The van der Waals surface area contributed by atoms with Crippen molar-refractivity contribution >= 4 is 21.9 Å². The van der Waals surface area contributed by atoms with Crippen LogP contribution in [0.3, 0.4) is 0 Å². The normalized spacial score (nSPS) is 14.9. The summed E-state index contributed by atoms with van der Waals surface area (Å²) in [6, 6.07) is 31.5. The first-order valence-electron chi connectivity index (χ1n) is 27.7. The number of nitrogens with zero attached hydrogens (tertiary/aromatic N) is 3. The van der Waals surface area contributed by atoms with E-state index in [0.717, 1.165) is 0 Å². The summed E-state index contributed by atoms with van der Waals surface area (Å²) in [5.74, 6) is -2.07. The predicted molar refractivity (Wildman–Crippen MR) is 265 cm³/mol.